The number of hydrogen-bond donors (Lipinski definition) is 1. The molecule has 2 amide bonds. The van der Waals surface area contributed by atoms with Crippen LogP contribution in [-0.4, -0.2) is 30.3 Å². The molecular weight excluding hydrogens is 312 g/mol. The van der Waals surface area contributed by atoms with Crippen molar-refractivity contribution < 1.29 is 9.59 Å². The lowest BCUT2D eigenvalue weighted by atomic mass is 9.81. The normalized spacial score (nSPS) is 20.2. The van der Waals surface area contributed by atoms with Gasteiger partial charge in [0.1, 0.15) is 0 Å². The van der Waals surface area contributed by atoms with Crippen LogP contribution in [0.25, 0.3) is 0 Å². The van der Waals surface area contributed by atoms with E-state index in [2.05, 4.69) is 18.3 Å². The van der Waals surface area contributed by atoms with Gasteiger partial charge in [0.2, 0.25) is 11.8 Å². The maximum atomic E-state index is 12.5. The highest BCUT2D eigenvalue weighted by Gasteiger charge is 2.31. The zero-order chi connectivity index (χ0) is 18.4. The highest BCUT2D eigenvalue weighted by molar-refractivity contribution is 5.93. The van der Waals surface area contributed by atoms with Crippen LogP contribution in [0.1, 0.15) is 56.6 Å². The van der Waals surface area contributed by atoms with Gasteiger partial charge in [-0.15, -0.1) is 0 Å². The second-order valence-electron chi connectivity index (χ2n) is 7.53. The number of carbonyl (C=O) groups is 2. The minimum Gasteiger partial charge on any atom is -0.346 e. The minimum atomic E-state index is 0.0193. The van der Waals surface area contributed by atoms with E-state index >= 15 is 0 Å². The molecule has 0 spiro atoms. The Bertz CT molecular complexity index is 584. The van der Waals surface area contributed by atoms with E-state index in [1.54, 1.807) is 0 Å². The van der Waals surface area contributed by atoms with Gasteiger partial charge in [0.15, 0.2) is 0 Å². The van der Waals surface area contributed by atoms with Crippen LogP contribution in [0.4, 0.5) is 5.69 Å². The fourth-order valence-corrected chi connectivity index (χ4v) is 3.71. The van der Waals surface area contributed by atoms with Crippen molar-refractivity contribution in [1.29, 1.82) is 0 Å². The Balaban J connectivity index is 1.84. The van der Waals surface area contributed by atoms with Gasteiger partial charge in [-0.1, -0.05) is 19.4 Å². The Morgan fingerprint density at radius 1 is 1.04 bits per heavy atom. The van der Waals surface area contributed by atoms with E-state index in [0.29, 0.717) is 0 Å². The van der Waals surface area contributed by atoms with Crippen LogP contribution in [0.3, 0.4) is 0 Å². The monoisotopic (exact) mass is 344 g/mol. The first-order valence-corrected chi connectivity index (χ1v) is 9.54. The van der Waals surface area contributed by atoms with Crippen LogP contribution in [0.5, 0.6) is 0 Å². The number of nitrogens with zero attached hydrogens (tertiary/aromatic N) is 1. The highest BCUT2D eigenvalue weighted by Crippen LogP contribution is 2.31. The molecule has 1 aromatic carbocycles. The maximum absolute atomic E-state index is 12.5. The minimum absolute atomic E-state index is 0.0193. The number of carbonyl (C=O) groups excluding carboxylic acids is 2. The van der Waals surface area contributed by atoms with Crippen LogP contribution < -0.4 is 5.32 Å². The quantitative estimate of drug-likeness (QED) is 0.836. The third-order valence-electron chi connectivity index (χ3n) is 5.16. The predicted molar refractivity (Wildman–Crippen MR) is 103 cm³/mol. The number of rotatable bonds is 6. The van der Waals surface area contributed by atoms with Gasteiger partial charge in [0.25, 0.3) is 0 Å². The van der Waals surface area contributed by atoms with Crippen molar-refractivity contribution in [3.63, 3.8) is 0 Å². The average molecular weight is 344 g/mol. The van der Waals surface area contributed by atoms with Crippen molar-refractivity contribution in [2.75, 3.05) is 18.9 Å². The summed E-state index contributed by atoms with van der Waals surface area (Å²) in [6, 6.07) is 6.10. The van der Waals surface area contributed by atoms with Crippen molar-refractivity contribution in [1.82, 2.24) is 4.90 Å². The Kier molecular flexibility index (Phi) is 7.03. The summed E-state index contributed by atoms with van der Waals surface area (Å²) in [5, 5.41) is 3.05. The van der Waals surface area contributed by atoms with E-state index in [0.717, 1.165) is 61.9 Å². The van der Waals surface area contributed by atoms with Crippen LogP contribution >= 0.6 is 0 Å². The molecule has 2 rings (SSSR count). The van der Waals surface area contributed by atoms with Gasteiger partial charge >= 0.3 is 0 Å². The largest absolute Gasteiger partial charge is 0.346 e. The van der Waals surface area contributed by atoms with Crippen molar-refractivity contribution in [2.45, 2.75) is 59.3 Å². The molecule has 1 aromatic rings. The summed E-state index contributed by atoms with van der Waals surface area (Å²) in [5.74, 6) is 0.454. The molecule has 1 aliphatic rings. The molecule has 0 heterocycles. The number of amides is 2. The summed E-state index contributed by atoms with van der Waals surface area (Å²) in [6.45, 7) is 7.04. The molecule has 0 aromatic heterocycles. The van der Waals surface area contributed by atoms with Crippen LogP contribution in [0, 0.1) is 25.7 Å². The molecule has 4 nitrogen and oxygen atoms in total. The SMILES string of the molecule is CCCCN(C)C(=O)C1CCC(C(=O)Nc2cc(C)cc(C)c2)CC1. The molecule has 0 aliphatic heterocycles. The van der Waals surface area contributed by atoms with Gasteiger partial charge in [-0.25, -0.2) is 0 Å². The van der Waals surface area contributed by atoms with Gasteiger partial charge in [0, 0.05) is 31.1 Å². The molecule has 1 saturated carbocycles. The molecule has 0 radical (unpaired) electrons. The van der Waals surface area contributed by atoms with Gasteiger partial charge in [0.05, 0.1) is 0 Å². The van der Waals surface area contributed by atoms with E-state index in [1.165, 1.54) is 0 Å². The molecule has 0 atom stereocenters. The highest BCUT2D eigenvalue weighted by atomic mass is 16.2. The Morgan fingerprint density at radius 3 is 2.16 bits per heavy atom. The third-order valence-corrected chi connectivity index (χ3v) is 5.16. The number of nitrogens with one attached hydrogen (secondary N) is 1. The molecule has 1 N–H and O–H groups in total. The first kappa shape index (κ1) is 19.5. The average Bonchev–Trinajstić information content (AvgIpc) is 2.58. The molecule has 4 heteroatoms. The summed E-state index contributed by atoms with van der Waals surface area (Å²) in [7, 11) is 1.90. The molecule has 0 bridgehead atoms. The molecular formula is C21H32N2O2. The van der Waals surface area contributed by atoms with Gasteiger partial charge in [-0.05, 0) is 69.2 Å². The van der Waals surface area contributed by atoms with Gasteiger partial charge < -0.3 is 10.2 Å². The number of unbranched alkanes of at least 4 members (excludes halogenated alkanes) is 1. The lowest BCUT2D eigenvalue weighted by molar-refractivity contribution is -0.136. The summed E-state index contributed by atoms with van der Waals surface area (Å²) in [4.78, 5) is 26.9. The fourth-order valence-electron chi connectivity index (χ4n) is 3.71. The first-order valence-electron chi connectivity index (χ1n) is 9.54. The number of benzene rings is 1. The Labute approximate surface area is 152 Å². The molecule has 0 saturated heterocycles. The van der Waals surface area contributed by atoms with Gasteiger partial charge in [-0.2, -0.15) is 0 Å². The maximum Gasteiger partial charge on any atom is 0.227 e. The number of anilines is 1. The standard InChI is InChI=1S/C21H32N2O2/c1-5-6-11-23(4)21(25)18-9-7-17(8-10-18)20(24)22-19-13-15(2)12-16(3)14-19/h12-14,17-18H,5-11H2,1-4H3,(H,22,24). The van der Waals surface area contributed by atoms with Crippen molar-refractivity contribution in [3.8, 4) is 0 Å². The van der Waals surface area contributed by atoms with Crippen LogP contribution in [0.2, 0.25) is 0 Å². The zero-order valence-corrected chi connectivity index (χ0v) is 16.1. The summed E-state index contributed by atoms with van der Waals surface area (Å²) in [6.07, 6.45) is 5.39. The van der Waals surface area contributed by atoms with E-state index in [4.69, 9.17) is 0 Å². The molecule has 0 unspecified atom stereocenters. The summed E-state index contributed by atoms with van der Waals surface area (Å²) < 4.78 is 0. The molecule has 1 aliphatic carbocycles. The van der Waals surface area contributed by atoms with Crippen molar-refractivity contribution in [2.24, 2.45) is 11.8 Å². The predicted octanol–water partition coefficient (Wildman–Crippen LogP) is 4.31. The first-order chi connectivity index (χ1) is 11.9. The van der Waals surface area contributed by atoms with Crippen LogP contribution in [0.15, 0.2) is 18.2 Å². The smallest absolute Gasteiger partial charge is 0.227 e. The van der Waals surface area contributed by atoms with Crippen molar-refractivity contribution >= 4 is 17.5 Å². The molecule has 25 heavy (non-hydrogen) atoms. The van der Waals surface area contributed by atoms with Crippen molar-refractivity contribution in [3.05, 3.63) is 29.3 Å². The molecule has 138 valence electrons. The number of aryl methyl sites for hydroxylation is 2. The topological polar surface area (TPSA) is 49.4 Å². The third kappa shape index (κ3) is 5.58. The second kappa shape index (κ2) is 9.02. The fraction of sp³-hybridized carbons (Fsp3) is 0.619. The van der Waals surface area contributed by atoms with E-state index in [-0.39, 0.29) is 23.7 Å². The second-order valence-corrected chi connectivity index (χ2v) is 7.53. The lowest BCUT2D eigenvalue weighted by Gasteiger charge is -2.30. The lowest BCUT2D eigenvalue weighted by Crippen LogP contribution is -2.37. The van der Waals surface area contributed by atoms with E-state index in [9.17, 15) is 9.59 Å². The van der Waals surface area contributed by atoms with Crippen LogP contribution in [-0.2, 0) is 9.59 Å². The van der Waals surface area contributed by atoms with E-state index < -0.39 is 0 Å². The van der Waals surface area contributed by atoms with Gasteiger partial charge in [-0.3, -0.25) is 9.59 Å². The zero-order valence-electron chi connectivity index (χ0n) is 16.1. The summed E-state index contributed by atoms with van der Waals surface area (Å²) in [5.41, 5.74) is 3.18. The summed E-state index contributed by atoms with van der Waals surface area (Å²) >= 11 is 0. The number of hydrogen-bond acceptors (Lipinski definition) is 2. The van der Waals surface area contributed by atoms with E-state index in [1.807, 2.05) is 37.9 Å². The Morgan fingerprint density at radius 2 is 1.60 bits per heavy atom. The Hall–Kier alpha value is -1.84. The molecule has 1 fully saturated rings.